The van der Waals surface area contributed by atoms with Crippen molar-refractivity contribution in [3.63, 3.8) is 0 Å². The Bertz CT molecular complexity index is 2020. The summed E-state index contributed by atoms with van der Waals surface area (Å²) >= 11 is 0. The average molecular weight is 2150 g/mol. The Morgan fingerprint density at radius 2 is 0.460 bits per heavy atom. The van der Waals surface area contributed by atoms with Crippen molar-refractivity contribution in [2.75, 3.05) is 0 Å². The molecule has 0 N–H and O–H groups in total. The molecule has 0 saturated heterocycles. The van der Waals surface area contributed by atoms with E-state index in [0.29, 0.717) is 0 Å². The summed E-state index contributed by atoms with van der Waals surface area (Å²) in [5.41, 5.74) is 0. The monoisotopic (exact) mass is 2140 g/mol. The van der Waals surface area contributed by atoms with Gasteiger partial charge in [0.25, 0.3) is 0 Å². The van der Waals surface area contributed by atoms with Gasteiger partial charge in [-0.1, -0.05) is 0 Å². The molecule has 0 heterocycles. The molecule has 0 amide bonds. The molecular formula is C9H28O45Si46. The molecule has 0 fully saturated rings. The lowest BCUT2D eigenvalue weighted by molar-refractivity contribution is -0.0300. The van der Waals surface area contributed by atoms with Gasteiger partial charge >= 0.3 is 165 Å². The van der Waals surface area contributed by atoms with Crippen LogP contribution in [-0.4, -0.2) is 455 Å². The van der Waals surface area contributed by atoms with Gasteiger partial charge in [0.2, 0.25) is 273 Å². The highest BCUT2D eigenvalue weighted by Gasteiger charge is 2.78. The molecule has 0 spiro atoms. The van der Waals surface area contributed by atoms with Crippen LogP contribution in [0.25, 0.3) is 0 Å². The Balaban J connectivity index is 9.52. The van der Waals surface area contributed by atoms with E-state index >= 15 is 0 Å². The van der Waals surface area contributed by atoms with Crippen molar-refractivity contribution in [1.82, 2.24) is 0 Å². The summed E-state index contributed by atoms with van der Waals surface area (Å²) in [6.45, 7) is 15.0. The minimum atomic E-state index is -6.54. The summed E-state index contributed by atoms with van der Waals surface area (Å²) < 4.78 is 262. The summed E-state index contributed by atoms with van der Waals surface area (Å²) in [4.78, 5) is 0. The van der Waals surface area contributed by atoms with E-state index in [1.165, 1.54) is 19.6 Å². The van der Waals surface area contributed by atoms with Crippen molar-refractivity contribution in [2.45, 2.75) is 58.9 Å². The maximum atomic E-state index is 6.92. The second-order valence-corrected chi connectivity index (χ2v) is 80.2. The third-order valence-electron chi connectivity index (χ3n) is 8.13. The molecule has 518 valence electrons. The van der Waals surface area contributed by atoms with Crippen LogP contribution in [-0.2, 0) is 185 Å². The highest BCUT2D eigenvalue weighted by Crippen LogP contribution is 2.39. The molecule has 84 radical (unpaired) electrons. The third kappa shape index (κ3) is 34.6. The van der Waals surface area contributed by atoms with E-state index in [0.717, 1.165) is 0 Å². The quantitative estimate of drug-likeness (QED) is 0.0510. The molecule has 0 aliphatic heterocycles. The zero-order valence-corrected chi connectivity index (χ0v) is 96.6. The third-order valence-corrected chi connectivity index (χ3v) is 73.2. The van der Waals surface area contributed by atoms with E-state index < -0.39 is 182 Å². The predicted molar refractivity (Wildman–Crippen MR) is 368 cm³/mol. The van der Waals surface area contributed by atoms with Crippen molar-refractivity contribution in [1.29, 1.82) is 0 Å². The Kier molecular flexibility index (Phi) is 55.0. The van der Waals surface area contributed by atoms with Crippen molar-refractivity contribution in [3.8, 4) is 0 Å². The van der Waals surface area contributed by atoms with Crippen LogP contribution < -0.4 is 0 Å². The lowest BCUT2D eigenvalue weighted by Crippen LogP contribution is -2.78. The molecule has 100 heavy (non-hydrogen) atoms. The fourth-order valence-electron chi connectivity index (χ4n) is 4.96. The van der Waals surface area contributed by atoms with E-state index in [-0.39, 0.29) is 0 Å². The molecule has 3 unspecified atom stereocenters. The first-order chi connectivity index (χ1) is 46.6. The van der Waals surface area contributed by atoms with Gasteiger partial charge in [-0.2, -0.15) is 0 Å². The van der Waals surface area contributed by atoms with Gasteiger partial charge in [-0.15, -0.1) is 0 Å². The highest BCUT2D eigenvalue weighted by atomic mass is 28.6. The van der Waals surface area contributed by atoms with Crippen LogP contribution in [0.5, 0.6) is 0 Å². The standard InChI is InChI=1S/C9H28O45Si46/c1-83(40-98(46-90(15-60,16-61)17-62,47-91(18-63,19-64)20-65)52-96(33-78,34-79)41-85(11-56)38-82-39-86(2,3)4)36-81-37-84(10-55)42-97(35-80,45-89(12-57,13-58)14-59)53-99(48-92(21-66,22-67)23-68,44-88(8,9)43-87(5,6)7)54-100(49-93(24-69,25-70)26-71,50-94(27-72,28-73)29-74)51-95(30-75,31-76)32-77/h83H,1-9H3. The van der Waals surface area contributed by atoms with Crippen LogP contribution >= 0.6 is 0 Å². The van der Waals surface area contributed by atoms with Gasteiger partial charge in [-0.25, -0.2) is 0 Å². The van der Waals surface area contributed by atoms with Crippen molar-refractivity contribution in [2.24, 2.45) is 0 Å². The normalized spacial score (nSPS) is 15.9. The first-order valence-corrected chi connectivity index (χ1v) is 69.0. The maximum absolute atomic E-state index is 6.92. The van der Waals surface area contributed by atoms with Crippen LogP contribution in [0.15, 0.2) is 0 Å². The molecule has 0 aliphatic carbocycles. The predicted octanol–water partition coefficient (Wildman–Crippen LogP) is -15.6. The molecule has 0 aliphatic rings. The van der Waals surface area contributed by atoms with Gasteiger partial charge in [0.1, 0.15) is 0 Å². The second-order valence-electron chi connectivity index (χ2n) is 17.5. The molecule has 3 atom stereocenters. The molecule has 0 aromatic heterocycles. The zero-order valence-electron chi connectivity index (χ0n) is 50.4. The lowest BCUT2D eigenvalue weighted by atomic mass is 11.8. The molecule has 45 nitrogen and oxygen atoms in total. The van der Waals surface area contributed by atoms with Crippen LogP contribution in [0.1, 0.15) is 0 Å². The van der Waals surface area contributed by atoms with Gasteiger partial charge in [0.05, 0.1) is 0 Å². The Morgan fingerprint density at radius 3 is 0.720 bits per heavy atom. The SMILES string of the molecule is C[SiH](O[Si]O[Si](O[Si])O[Si](O[Si])(O[Si](O[Si])(O[Si])O[Si])O[Si](O[Si](C)(C)O[Si](C)(C)C)(O[Si](O[Si])(O[Si])O[Si])O[Si](O[Si](O[Si])(O[Si])O[Si])(O[Si](O[Si])(O[Si])O[Si])O[Si](O[Si])(O[Si])O[Si])O[Si](O[Si](O[Si])(O[Si])O[Si])(O[Si](O[Si])(O[Si])O[Si])O[Si](O[Si])(O[Si])O[Si](O[Si])O[Si]O[Si](C)(C)C. The van der Waals surface area contributed by atoms with Crippen molar-refractivity contribution >= 4 is 455 Å². The van der Waals surface area contributed by atoms with Crippen LogP contribution in [0.3, 0.4) is 0 Å². The Labute approximate surface area is 691 Å². The fraction of sp³-hybridized carbons (Fsp3) is 1.00. The highest BCUT2D eigenvalue weighted by molar-refractivity contribution is 6.94. The summed E-state index contributed by atoms with van der Waals surface area (Å²) in [7, 11) is -13.3. The first kappa shape index (κ1) is 108. The average Bonchev–Trinajstić information content (AvgIpc) is 0.744. The smallest absolute Gasteiger partial charge is 0.437 e. The molecular weight excluding hydrogens is 2120 g/mol. The minimum absolute atomic E-state index is 0.676. The zero-order chi connectivity index (χ0) is 77.5. The van der Waals surface area contributed by atoms with E-state index in [2.05, 4.69) is 273 Å². The lowest BCUT2D eigenvalue weighted by Gasteiger charge is -2.47. The Hall–Kier alpha value is 8.18. The van der Waals surface area contributed by atoms with Crippen LogP contribution in [0.4, 0.5) is 0 Å². The van der Waals surface area contributed by atoms with E-state index in [1.54, 1.807) is 19.6 Å². The van der Waals surface area contributed by atoms with Crippen LogP contribution in [0, 0.1) is 0 Å². The molecule has 91 heteroatoms. The Morgan fingerprint density at radius 1 is 0.240 bits per heavy atom. The van der Waals surface area contributed by atoms with Gasteiger partial charge < -0.3 is 185 Å². The largest absolute Gasteiger partial charge is 0.656 e. The van der Waals surface area contributed by atoms with E-state index in [4.69, 9.17) is 185 Å². The second kappa shape index (κ2) is 50.8. The summed E-state index contributed by atoms with van der Waals surface area (Å²) in [6.07, 6.45) is 0. The molecule has 0 rings (SSSR count). The van der Waals surface area contributed by atoms with E-state index in [1.807, 2.05) is 19.6 Å². The molecule has 0 bridgehead atoms. The first-order valence-electron chi connectivity index (χ1n) is 23.0. The maximum Gasteiger partial charge on any atom is 0.656 e. The van der Waals surface area contributed by atoms with Gasteiger partial charge in [-0.05, 0) is 58.9 Å². The fourth-order valence-corrected chi connectivity index (χ4v) is 75.7. The van der Waals surface area contributed by atoms with Crippen molar-refractivity contribution < 1.29 is 185 Å². The summed E-state index contributed by atoms with van der Waals surface area (Å²) in [6, 6.07) is 0. The van der Waals surface area contributed by atoms with Gasteiger partial charge in [-0.3, -0.25) is 0 Å². The topological polar surface area (TPSA) is 415 Å². The number of hydrogen-bond acceptors (Lipinski definition) is 45. The molecule has 0 aromatic carbocycles. The minimum Gasteiger partial charge on any atom is -0.437 e. The summed E-state index contributed by atoms with van der Waals surface area (Å²) in [5.74, 6) is 0. The number of rotatable bonds is 64. The molecule has 0 saturated carbocycles. The van der Waals surface area contributed by atoms with E-state index in [9.17, 15) is 0 Å². The van der Waals surface area contributed by atoms with Crippen LogP contribution in [0.2, 0.25) is 58.9 Å². The van der Waals surface area contributed by atoms with Gasteiger partial charge in [0, 0.05) is 0 Å². The van der Waals surface area contributed by atoms with Gasteiger partial charge in [0.15, 0.2) is 16.6 Å². The number of hydrogen-bond donors (Lipinski definition) is 0. The molecule has 0 aromatic rings. The van der Waals surface area contributed by atoms with Crippen molar-refractivity contribution in [3.05, 3.63) is 0 Å². The summed E-state index contributed by atoms with van der Waals surface area (Å²) in [5, 5.41) is 0.